The number of hydrogen-bond donors (Lipinski definition) is 1. The zero-order valence-electron chi connectivity index (χ0n) is 12.5. The summed E-state index contributed by atoms with van der Waals surface area (Å²) in [6.45, 7) is 0. The number of aromatic nitrogens is 1. The fourth-order valence-electron chi connectivity index (χ4n) is 1.95. The number of hydrazone groups is 1. The minimum absolute atomic E-state index is 0.0848. The fraction of sp³-hybridized carbons (Fsp3) is 0. The van der Waals surface area contributed by atoms with Gasteiger partial charge in [-0.05, 0) is 46.3 Å². The van der Waals surface area contributed by atoms with Gasteiger partial charge < -0.3 is 4.42 Å². The van der Waals surface area contributed by atoms with Gasteiger partial charge in [0, 0.05) is 16.1 Å². The number of hydrogen-bond acceptors (Lipinski definition) is 6. The molecule has 2 aromatic heterocycles. The molecule has 0 aliphatic heterocycles. The van der Waals surface area contributed by atoms with Crippen LogP contribution in [0.15, 0.2) is 62.7 Å². The third-order valence-electron chi connectivity index (χ3n) is 3.16. The summed E-state index contributed by atoms with van der Waals surface area (Å²) in [6, 6.07) is 11.9. The molecule has 0 saturated carbocycles. The van der Waals surface area contributed by atoms with Gasteiger partial charge in [0.25, 0.3) is 5.69 Å². The third-order valence-corrected chi connectivity index (χ3v) is 4.39. The van der Waals surface area contributed by atoms with Crippen molar-refractivity contribution in [3.05, 3.63) is 74.0 Å². The van der Waals surface area contributed by atoms with Crippen LogP contribution in [0, 0.1) is 10.1 Å². The molecule has 0 aliphatic carbocycles. The van der Waals surface area contributed by atoms with Crippen LogP contribution in [-0.2, 0) is 0 Å². The van der Waals surface area contributed by atoms with Crippen molar-refractivity contribution in [2.24, 2.45) is 5.10 Å². The number of pyridine rings is 1. The molecular formula is C16H10BrClN4O3. The van der Waals surface area contributed by atoms with E-state index in [1.165, 1.54) is 18.3 Å². The molecule has 0 saturated heterocycles. The largest absolute Gasteiger partial charge is 0.455 e. The van der Waals surface area contributed by atoms with E-state index in [0.29, 0.717) is 22.4 Å². The monoisotopic (exact) mass is 420 g/mol. The SMILES string of the molecule is O=[N+]([O-])c1ccc(NN=Cc2ccc(-c3ccc(Br)c(Cl)c3)o2)nc1. The van der Waals surface area contributed by atoms with Crippen molar-refractivity contribution in [1.29, 1.82) is 0 Å². The highest BCUT2D eigenvalue weighted by atomic mass is 79.9. The number of benzene rings is 1. The van der Waals surface area contributed by atoms with E-state index in [0.717, 1.165) is 16.2 Å². The van der Waals surface area contributed by atoms with Gasteiger partial charge >= 0.3 is 0 Å². The van der Waals surface area contributed by atoms with Crippen molar-refractivity contribution in [2.75, 3.05) is 5.43 Å². The van der Waals surface area contributed by atoms with E-state index in [2.05, 4.69) is 31.4 Å². The smallest absolute Gasteiger partial charge is 0.287 e. The lowest BCUT2D eigenvalue weighted by molar-refractivity contribution is -0.385. The molecule has 3 rings (SSSR count). The zero-order valence-corrected chi connectivity index (χ0v) is 14.9. The number of furan rings is 1. The third kappa shape index (κ3) is 4.23. The maximum atomic E-state index is 10.6. The highest BCUT2D eigenvalue weighted by molar-refractivity contribution is 9.10. The lowest BCUT2D eigenvalue weighted by Crippen LogP contribution is -1.94. The Morgan fingerprint density at radius 1 is 1.28 bits per heavy atom. The number of nitrogens with one attached hydrogen (secondary N) is 1. The molecule has 0 atom stereocenters. The first-order valence-electron chi connectivity index (χ1n) is 6.98. The molecular weight excluding hydrogens is 412 g/mol. The Hall–Kier alpha value is -2.71. The molecule has 0 unspecified atom stereocenters. The number of halogens is 2. The van der Waals surface area contributed by atoms with Gasteiger partial charge in [0.05, 0.1) is 16.2 Å². The van der Waals surface area contributed by atoms with Crippen LogP contribution in [0.1, 0.15) is 5.76 Å². The summed E-state index contributed by atoms with van der Waals surface area (Å²) in [5.74, 6) is 1.57. The van der Waals surface area contributed by atoms with Gasteiger partial charge in [0.1, 0.15) is 23.5 Å². The standard InChI is InChI=1S/C16H10BrClN4O3/c17-13-4-1-10(7-14(13)18)15-5-3-12(25-15)9-20-21-16-6-2-11(8-19-16)22(23)24/h1-9H,(H,19,21). The number of rotatable bonds is 5. The molecule has 0 bridgehead atoms. The van der Waals surface area contributed by atoms with E-state index in [1.54, 1.807) is 12.1 Å². The molecule has 0 amide bonds. The molecule has 0 radical (unpaired) electrons. The van der Waals surface area contributed by atoms with Crippen molar-refractivity contribution in [1.82, 2.24) is 4.98 Å². The van der Waals surface area contributed by atoms with Crippen LogP contribution >= 0.6 is 27.5 Å². The minimum Gasteiger partial charge on any atom is -0.455 e. The maximum absolute atomic E-state index is 10.6. The Bertz CT molecular complexity index is 941. The Morgan fingerprint density at radius 2 is 2.12 bits per heavy atom. The van der Waals surface area contributed by atoms with Gasteiger partial charge in [-0.1, -0.05) is 17.7 Å². The Kier molecular flexibility index (Phi) is 5.11. The van der Waals surface area contributed by atoms with E-state index in [-0.39, 0.29) is 5.69 Å². The Balaban J connectivity index is 1.67. The van der Waals surface area contributed by atoms with E-state index in [1.807, 2.05) is 18.2 Å². The van der Waals surface area contributed by atoms with Crippen molar-refractivity contribution in [2.45, 2.75) is 0 Å². The highest BCUT2D eigenvalue weighted by Crippen LogP contribution is 2.29. The molecule has 0 aliphatic rings. The van der Waals surface area contributed by atoms with E-state index in [9.17, 15) is 10.1 Å². The van der Waals surface area contributed by atoms with Crippen molar-refractivity contribution < 1.29 is 9.34 Å². The van der Waals surface area contributed by atoms with E-state index < -0.39 is 4.92 Å². The first kappa shape index (κ1) is 17.1. The summed E-state index contributed by atoms with van der Waals surface area (Å²) in [6.07, 6.45) is 2.63. The van der Waals surface area contributed by atoms with Gasteiger partial charge in [-0.3, -0.25) is 15.5 Å². The first-order chi connectivity index (χ1) is 12.0. The quantitative estimate of drug-likeness (QED) is 0.351. The number of anilines is 1. The molecule has 9 heteroatoms. The van der Waals surface area contributed by atoms with Crippen molar-refractivity contribution in [3.8, 4) is 11.3 Å². The van der Waals surface area contributed by atoms with Crippen LogP contribution in [0.3, 0.4) is 0 Å². The summed E-state index contributed by atoms with van der Waals surface area (Å²) in [5, 5.41) is 15.1. The van der Waals surface area contributed by atoms with Crippen molar-refractivity contribution in [3.63, 3.8) is 0 Å². The van der Waals surface area contributed by atoms with Crippen LogP contribution in [-0.4, -0.2) is 16.1 Å². The topological polar surface area (TPSA) is 93.6 Å². The van der Waals surface area contributed by atoms with Gasteiger partial charge in [0.2, 0.25) is 0 Å². The van der Waals surface area contributed by atoms with Crippen LogP contribution < -0.4 is 5.43 Å². The lowest BCUT2D eigenvalue weighted by Gasteiger charge is -2.00. The number of nitro groups is 1. The minimum atomic E-state index is -0.515. The number of nitrogens with zero attached hydrogens (tertiary/aromatic N) is 3. The fourth-order valence-corrected chi connectivity index (χ4v) is 2.38. The predicted molar refractivity (Wildman–Crippen MR) is 99.0 cm³/mol. The molecule has 7 nitrogen and oxygen atoms in total. The molecule has 1 N–H and O–H groups in total. The van der Waals surface area contributed by atoms with Crippen LogP contribution in [0.5, 0.6) is 0 Å². The van der Waals surface area contributed by atoms with Crippen LogP contribution in [0.25, 0.3) is 11.3 Å². The second-order valence-electron chi connectivity index (χ2n) is 4.86. The summed E-state index contributed by atoms with van der Waals surface area (Å²) in [4.78, 5) is 13.9. The second kappa shape index (κ2) is 7.45. The summed E-state index contributed by atoms with van der Waals surface area (Å²) in [5.41, 5.74) is 3.43. The maximum Gasteiger partial charge on any atom is 0.287 e. The van der Waals surface area contributed by atoms with Crippen LogP contribution in [0.2, 0.25) is 5.02 Å². The predicted octanol–water partition coefficient (Wildman–Crippen LogP) is 5.11. The van der Waals surface area contributed by atoms with Crippen molar-refractivity contribution >= 4 is 45.3 Å². The molecule has 0 spiro atoms. The zero-order chi connectivity index (χ0) is 17.8. The lowest BCUT2D eigenvalue weighted by atomic mass is 10.2. The molecule has 2 heterocycles. The average Bonchev–Trinajstić information content (AvgIpc) is 3.07. The molecule has 126 valence electrons. The summed E-state index contributed by atoms with van der Waals surface area (Å²) in [7, 11) is 0. The first-order valence-corrected chi connectivity index (χ1v) is 8.15. The summed E-state index contributed by atoms with van der Waals surface area (Å²) < 4.78 is 6.49. The normalized spacial score (nSPS) is 11.0. The Labute approximate surface area is 155 Å². The van der Waals surface area contributed by atoms with E-state index in [4.69, 9.17) is 16.0 Å². The van der Waals surface area contributed by atoms with Crippen LogP contribution in [0.4, 0.5) is 11.5 Å². The summed E-state index contributed by atoms with van der Waals surface area (Å²) >= 11 is 9.42. The van der Waals surface area contributed by atoms with E-state index >= 15 is 0 Å². The Morgan fingerprint density at radius 3 is 2.80 bits per heavy atom. The van der Waals surface area contributed by atoms with Gasteiger partial charge in [0.15, 0.2) is 0 Å². The molecule has 3 aromatic rings. The molecule has 25 heavy (non-hydrogen) atoms. The van der Waals surface area contributed by atoms with Gasteiger partial charge in [-0.15, -0.1) is 0 Å². The molecule has 1 aromatic carbocycles. The highest BCUT2D eigenvalue weighted by Gasteiger charge is 2.07. The van der Waals surface area contributed by atoms with Gasteiger partial charge in [-0.25, -0.2) is 4.98 Å². The average molecular weight is 422 g/mol. The van der Waals surface area contributed by atoms with Gasteiger partial charge in [-0.2, -0.15) is 5.10 Å². The molecule has 0 fully saturated rings. The second-order valence-corrected chi connectivity index (χ2v) is 6.12.